The van der Waals surface area contributed by atoms with Crippen LogP contribution in [0.25, 0.3) is 16.3 Å². The largest absolute Gasteiger partial charge is 0.366 e. The Labute approximate surface area is 228 Å². The molecule has 2 aliphatic heterocycles. The van der Waals surface area contributed by atoms with E-state index in [0.29, 0.717) is 50.5 Å². The number of alkyl halides is 2. The van der Waals surface area contributed by atoms with Crippen LogP contribution in [-0.2, 0) is 10.0 Å². The van der Waals surface area contributed by atoms with E-state index in [1.165, 1.54) is 6.20 Å². The number of carbonyl (C=O) groups is 1. The third-order valence-corrected chi connectivity index (χ3v) is 9.91. The zero-order valence-electron chi connectivity index (χ0n) is 21.3. The monoisotopic (exact) mass is 581 g/mol. The number of rotatable bonds is 6. The first kappa shape index (κ1) is 26.3. The van der Waals surface area contributed by atoms with Crippen LogP contribution in [0.15, 0.2) is 23.4 Å². The molecule has 0 bridgehead atoms. The Morgan fingerprint density at radius 2 is 1.79 bits per heavy atom. The molecule has 210 valence electrons. The number of hydrogen-bond donors (Lipinski definition) is 2. The molecule has 0 spiro atoms. The first-order valence-electron chi connectivity index (χ1n) is 12.8. The maximum absolute atomic E-state index is 13.4. The number of pyridine rings is 1. The summed E-state index contributed by atoms with van der Waals surface area (Å²) in [7, 11) is -3.89. The lowest BCUT2D eigenvalue weighted by Gasteiger charge is -2.39. The smallest absolute Gasteiger partial charge is 0.320 e. The number of carbonyl (C=O) groups excluding carboxylic acids is 1. The molecular weight excluding hydrogens is 552 g/mol. The van der Waals surface area contributed by atoms with Gasteiger partial charge in [-0.15, -0.1) is 10.2 Å². The molecule has 3 aromatic heterocycles. The Hall–Kier alpha value is -2.95. The van der Waals surface area contributed by atoms with Gasteiger partial charge in [0.25, 0.3) is 6.43 Å². The molecule has 3 aromatic rings. The highest BCUT2D eigenvalue weighted by molar-refractivity contribution is 7.89. The topological polar surface area (TPSA) is 128 Å². The molecule has 6 rings (SSSR count). The van der Waals surface area contributed by atoms with Gasteiger partial charge in [0.05, 0.1) is 17.4 Å². The number of halogens is 2. The average molecular weight is 582 g/mol. The Bertz CT molecular complexity index is 1490. The van der Waals surface area contributed by atoms with Crippen molar-refractivity contribution in [2.24, 2.45) is 0 Å². The summed E-state index contributed by atoms with van der Waals surface area (Å²) in [6, 6.07) is 1.63. The van der Waals surface area contributed by atoms with Crippen LogP contribution in [0.2, 0.25) is 0 Å². The second kappa shape index (κ2) is 9.91. The van der Waals surface area contributed by atoms with Crippen LogP contribution < -0.4 is 14.9 Å². The lowest BCUT2D eigenvalue weighted by atomic mass is 10.2. The number of anilines is 1. The number of piperazine rings is 2. The van der Waals surface area contributed by atoms with Gasteiger partial charge in [0.2, 0.25) is 10.0 Å². The van der Waals surface area contributed by atoms with Gasteiger partial charge in [-0.25, -0.2) is 31.7 Å². The zero-order valence-corrected chi connectivity index (χ0v) is 22.9. The van der Waals surface area contributed by atoms with E-state index in [0.717, 1.165) is 37.3 Å². The molecule has 0 radical (unpaired) electrons. The molecule has 12 nitrogen and oxygen atoms in total. The van der Waals surface area contributed by atoms with E-state index < -0.39 is 27.0 Å². The summed E-state index contributed by atoms with van der Waals surface area (Å²) in [6.45, 7) is 6.70. The lowest BCUT2D eigenvalue weighted by Crippen LogP contribution is -2.56. The number of sulfonamides is 1. The van der Waals surface area contributed by atoms with Gasteiger partial charge in [-0.3, -0.25) is 4.40 Å². The number of urea groups is 1. The van der Waals surface area contributed by atoms with Crippen molar-refractivity contribution in [2.75, 3.05) is 57.3 Å². The number of nitrogens with zero attached hydrogens (tertiary/aromatic N) is 7. The maximum atomic E-state index is 13.4. The average Bonchev–Trinajstić information content (AvgIpc) is 3.30. The Morgan fingerprint density at radius 1 is 1.10 bits per heavy atom. The highest BCUT2D eigenvalue weighted by Crippen LogP contribution is 2.37. The van der Waals surface area contributed by atoms with E-state index in [9.17, 15) is 22.0 Å². The molecule has 1 aliphatic carbocycles. The van der Waals surface area contributed by atoms with Crippen molar-refractivity contribution in [3.8, 4) is 10.8 Å². The van der Waals surface area contributed by atoms with Crippen LogP contribution in [0.4, 0.5) is 19.3 Å². The van der Waals surface area contributed by atoms with Crippen molar-refractivity contribution in [2.45, 2.75) is 36.6 Å². The minimum atomic E-state index is -3.89. The molecule has 0 aromatic carbocycles. The van der Waals surface area contributed by atoms with E-state index >= 15 is 0 Å². The zero-order chi connectivity index (χ0) is 27.4. The summed E-state index contributed by atoms with van der Waals surface area (Å²) in [4.78, 5) is 23.1. The highest BCUT2D eigenvalue weighted by Gasteiger charge is 2.41. The van der Waals surface area contributed by atoms with Crippen molar-refractivity contribution in [1.82, 2.24) is 39.4 Å². The minimum Gasteiger partial charge on any atom is -0.366 e. The predicted molar refractivity (Wildman–Crippen MR) is 141 cm³/mol. The first-order valence-corrected chi connectivity index (χ1v) is 15.1. The van der Waals surface area contributed by atoms with Crippen LogP contribution in [0, 0.1) is 0 Å². The molecule has 39 heavy (non-hydrogen) atoms. The van der Waals surface area contributed by atoms with Crippen LogP contribution >= 0.6 is 11.3 Å². The van der Waals surface area contributed by atoms with Crippen LogP contribution in [0.5, 0.6) is 0 Å². The number of fused-ring (bicyclic) bond motifs is 1. The van der Waals surface area contributed by atoms with Gasteiger partial charge in [0.15, 0.2) is 15.8 Å². The number of hydrogen-bond acceptors (Lipinski definition) is 9. The van der Waals surface area contributed by atoms with Crippen molar-refractivity contribution in [3.05, 3.63) is 23.5 Å². The fraction of sp³-hybridized carbons (Fsp3) is 0.565. The molecule has 3 fully saturated rings. The molecule has 0 unspecified atom stereocenters. The molecule has 2 saturated heterocycles. The van der Waals surface area contributed by atoms with Gasteiger partial charge < -0.3 is 20.0 Å². The van der Waals surface area contributed by atoms with E-state index in [1.54, 1.807) is 16.7 Å². The fourth-order valence-corrected chi connectivity index (χ4v) is 7.07. The summed E-state index contributed by atoms with van der Waals surface area (Å²) in [5, 5.41) is 10.4. The van der Waals surface area contributed by atoms with E-state index in [4.69, 9.17) is 0 Å². The molecule has 16 heteroatoms. The lowest BCUT2D eigenvalue weighted by molar-refractivity contribution is 0.144. The summed E-state index contributed by atoms with van der Waals surface area (Å²) in [6.07, 6.45) is 1.77. The number of imidazole rings is 1. The van der Waals surface area contributed by atoms with Crippen molar-refractivity contribution < 1.29 is 22.0 Å². The third-order valence-electron chi connectivity index (χ3n) is 7.38. The van der Waals surface area contributed by atoms with Crippen LogP contribution in [-0.4, -0.2) is 102 Å². The quantitative estimate of drug-likeness (QED) is 0.451. The Kier molecular flexibility index (Phi) is 6.68. The molecule has 2 amide bonds. The summed E-state index contributed by atoms with van der Waals surface area (Å²) >= 11 is 0.718. The molecule has 0 atom stereocenters. The number of nitrogens with one attached hydrogen (secondary N) is 2. The summed E-state index contributed by atoms with van der Waals surface area (Å²) < 4.78 is 57.5. The van der Waals surface area contributed by atoms with E-state index in [1.807, 2.05) is 21.6 Å². The van der Waals surface area contributed by atoms with Crippen LogP contribution in [0.1, 0.15) is 31.2 Å². The SMILES string of the molecule is CC1(NS(=O)(=O)c2cc(N3CCN(C(=O)N4CCNCC4)CC3)c3cnc(-c4nnc(C(F)F)s4)n3c2)CC1. The van der Waals surface area contributed by atoms with Gasteiger partial charge in [-0.2, -0.15) is 0 Å². The van der Waals surface area contributed by atoms with Gasteiger partial charge in [0.1, 0.15) is 4.90 Å². The second-order valence-corrected chi connectivity index (χ2v) is 13.0. The van der Waals surface area contributed by atoms with Gasteiger partial charge in [0, 0.05) is 64.1 Å². The Morgan fingerprint density at radius 3 is 2.44 bits per heavy atom. The molecular formula is C23H29F2N9O3S2. The first-order chi connectivity index (χ1) is 18.6. The number of aromatic nitrogens is 4. The molecule has 2 N–H and O–H groups in total. The highest BCUT2D eigenvalue weighted by atomic mass is 32.2. The van der Waals surface area contributed by atoms with Gasteiger partial charge in [-0.05, 0) is 25.8 Å². The van der Waals surface area contributed by atoms with Gasteiger partial charge >= 0.3 is 6.03 Å². The normalized spacial score (nSPS) is 19.7. The molecule has 5 heterocycles. The van der Waals surface area contributed by atoms with Crippen molar-refractivity contribution >= 4 is 38.6 Å². The predicted octanol–water partition coefficient (Wildman–Crippen LogP) is 1.77. The van der Waals surface area contributed by atoms with Crippen molar-refractivity contribution in [1.29, 1.82) is 0 Å². The Balaban J connectivity index is 1.34. The summed E-state index contributed by atoms with van der Waals surface area (Å²) in [5.74, 6) is 0.234. The van der Waals surface area contributed by atoms with Crippen molar-refractivity contribution in [3.63, 3.8) is 0 Å². The van der Waals surface area contributed by atoms with Gasteiger partial charge in [-0.1, -0.05) is 11.3 Å². The number of amides is 2. The van der Waals surface area contributed by atoms with E-state index in [2.05, 4.69) is 25.2 Å². The molecule has 1 saturated carbocycles. The fourth-order valence-electron chi connectivity index (χ4n) is 4.89. The maximum Gasteiger partial charge on any atom is 0.320 e. The standard InChI is InChI=1S/C23H29F2N9O3S2/c1-23(2-3-23)30-39(36,37)15-12-16(31-8-10-33(11-9-31)22(35)32-6-4-26-5-7-32)17-13-27-19(34(17)14-15)21-29-28-20(38-21)18(24)25/h12-14,18,26,30H,2-11H2,1H3. The van der Waals surface area contributed by atoms with Crippen LogP contribution in [0.3, 0.4) is 0 Å². The minimum absolute atomic E-state index is 0.0113. The van der Waals surface area contributed by atoms with E-state index in [-0.39, 0.29) is 21.8 Å². The molecule has 3 aliphatic rings. The third kappa shape index (κ3) is 5.17. The summed E-state index contributed by atoms with van der Waals surface area (Å²) in [5.41, 5.74) is 0.760. The second-order valence-electron chi connectivity index (χ2n) is 10.3.